The molecule has 4 aliphatic carbocycles. The van der Waals surface area contributed by atoms with Crippen molar-refractivity contribution in [1.29, 1.82) is 0 Å². The van der Waals surface area contributed by atoms with E-state index in [1.807, 2.05) is 0 Å². The van der Waals surface area contributed by atoms with Gasteiger partial charge in [-0.25, -0.2) is 0 Å². The number of aliphatic hydroxyl groups is 1. The molecule has 4 bridgehead atoms. The van der Waals surface area contributed by atoms with Crippen LogP contribution in [0.15, 0.2) is 0 Å². The van der Waals surface area contributed by atoms with Crippen LogP contribution in [0.25, 0.3) is 0 Å². The summed E-state index contributed by atoms with van der Waals surface area (Å²) < 4.78 is 4.87. The molecule has 1 N–H and O–H groups in total. The molecule has 0 aromatic rings. The number of esters is 1. The van der Waals surface area contributed by atoms with Crippen LogP contribution in [-0.4, -0.2) is 28.6 Å². The van der Waals surface area contributed by atoms with Crippen molar-refractivity contribution >= 4 is 21.9 Å². The van der Waals surface area contributed by atoms with Gasteiger partial charge in [0.2, 0.25) is 0 Å². The van der Waals surface area contributed by atoms with Crippen LogP contribution in [0.3, 0.4) is 0 Å². The molecule has 3 nitrogen and oxygen atoms in total. The van der Waals surface area contributed by atoms with Crippen molar-refractivity contribution < 1.29 is 14.6 Å². The molecule has 0 aromatic heterocycles. The first-order chi connectivity index (χ1) is 7.96. The first-order valence-corrected chi connectivity index (χ1v) is 7.32. The minimum Gasteiger partial charge on any atom is -0.468 e. The molecule has 4 rings (SSSR count). The lowest BCUT2D eigenvalue weighted by atomic mass is 9.47. The Morgan fingerprint density at radius 2 is 1.94 bits per heavy atom. The number of hydrogen-bond donors (Lipinski definition) is 1. The van der Waals surface area contributed by atoms with Crippen molar-refractivity contribution in [3.8, 4) is 0 Å². The van der Waals surface area contributed by atoms with Gasteiger partial charge in [0.15, 0.2) is 0 Å². The molecule has 4 heteroatoms. The first-order valence-electron chi connectivity index (χ1n) is 6.41. The van der Waals surface area contributed by atoms with E-state index in [0.717, 1.165) is 32.1 Å². The van der Waals surface area contributed by atoms with Crippen LogP contribution in [0, 0.1) is 17.3 Å². The van der Waals surface area contributed by atoms with E-state index in [-0.39, 0.29) is 16.2 Å². The molecule has 0 amide bonds. The van der Waals surface area contributed by atoms with Crippen molar-refractivity contribution in [2.45, 2.75) is 49.0 Å². The fraction of sp³-hybridized carbons (Fsp3) is 0.923. The average molecular weight is 303 g/mol. The van der Waals surface area contributed by atoms with Gasteiger partial charge in [-0.1, -0.05) is 15.9 Å². The van der Waals surface area contributed by atoms with Gasteiger partial charge in [0.05, 0.1) is 12.7 Å². The summed E-state index contributed by atoms with van der Waals surface area (Å²) in [5.74, 6) is 1.02. The summed E-state index contributed by atoms with van der Waals surface area (Å²) in [6.45, 7) is 0. The van der Waals surface area contributed by atoms with Crippen molar-refractivity contribution in [3.05, 3.63) is 0 Å². The molecular weight excluding hydrogens is 284 g/mol. The van der Waals surface area contributed by atoms with Crippen molar-refractivity contribution in [2.75, 3.05) is 7.11 Å². The molecule has 0 saturated heterocycles. The van der Waals surface area contributed by atoms with Crippen LogP contribution in [0.5, 0.6) is 0 Å². The fourth-order valence-electron chi connectivity index (χ4n) is 4.93. The Kier molecular flexibility index (Phi) is 2.61. The van der Waals surface area contributed by atoms with E-state index in [0.29, 0.717) is 11.8 Å². The lowest BCUT2D eigenvalue weighted by Gasteiger charge is -2.61. The average Bonchev–Trinajstić information content (AvgIpc) is 2.23. The van der Waals surface area contributed by atoms with E-state index in [2.05, 4.69) is 15.9 Å². The summed E-state index contributed by atoms with van der Waals surface area (Å²) in [6, 6.07) is 0. The quantitative estimate of drug-likeness (QED) is 0.629. The zero-order valence-electron chi connectivity index (χ0n) is 10.1. The predicted octanol–water partition coefficient (Wildman–Crippen LogP) is 2.25. The maximum atomic E-state index is 11.8. The van der Waals surface area contributed by atoms with Crippen LogP contribution < -0.4 is 0 Å². The van der Waals surface area contributed by atoms with Crippen molar-refractivity contribution in [1.82, 2.24) is 0 Å². The summed E-state index contributed by atoms with van der Waals surface area (Å²) in [6.07, 6.45) is 6.01. The maximum absolute atomic E-state index is 11.8. The minimum atomic E-state index is -0.510. The van der Waals surface area contributed by atoms with Gasteiger partial charge in [-0.2, -0.15) is 0 Å². The van der Waals surface area contributed by atoms with Gasteiger partial charge in [0, 0.05) is 0 Å². The normalized spacial score (nSPS) is 49.1. The zero-order chi connectivity index (χ0) is 12.3. The number of rotatable bonds is 2. The van der Waals surface area contributed by atoms with Gasteiger partial charge >= 0.3 is 5.97 Å². The van der Waals surface area contributed by atoms with Gasteiger partial charge in [0.25, 0.3) is 0 Å². The third-order valence-electron chi connectivity index (χ3n) is 5.02. The molecule has 0 radical (unpaired) electrons. The topological polar surface area (TPSA) is 46.5 Å². The number of ether oxygens (including phenoxy) is 1. The molecule has 96 valence electrons. The number of carbonyl (C=O) groups excluding carboxylic acids is 1. The zero-order valence-corrected chi connectivity index (χ0v) is 11.7. The second-order valence-electron chi connectivity index (χ2n) is 6.43. The summed E-state index contributed by atoms with van der Waals surface area (Å²) in [5.41, 5.74) is -0.573. The molecule has 0 aliphatic heterocycles. The minimum absolute atomic E-state index is 0.0636. The standard InChI is InChI=1S/C13H19BrO3/c1-17-11(15)10(14)12-3-8-2-9(4-12)6-13(16,5-8)7-12/h8-10,16H,2-7H2,1H3/t8-,9+,10-,12?,13?/m0/s1. The summed E-state index contributed by atoms with van der Waals surface area (Å²) in [7, 11) is 1.44. The van der Waals surface area contributed by atoms with E-state index in [4.69, 9.17) is 4.74 Å². The Hall–Kier alpha value is -0.0900. The molecular formula is C13H19BrO3. The van der Waals surface area contributed by atoms with Crippen LogP contribution in [0.2, 0.25) is 0 Å². The molecule has 17 heavy (non-hydrogen) atoms. The van der Waals surface area contributed by atoms with Gasteiger partial charge in [0.1, 0.15) is 4.83 Å². The van der Waals surface area contributed by atoms with E-state index in [9.17, 15) is 9.90 Å². The van der Waals surface area contributed by atoms with Crippen molar-refractivity contribution in [2.24, 2.45) is 17.3 Å². The van der Waals surface area contributed by atoms with E-state index < -0.39 is 5.60 Å². The van der Waals surface area contributed by atoms with E-state index in [1.54, 1.807) is 0 Å². The SMILES string of the molecule is COC(=O)[C@H](Br)C12C[C@@H]3C[C@@H](CC(O)(C3)C1)C2. The molecule has 4 saturated carbocycles. The second-order valence-corrected chi connectivity index (χ2v) is 7.35. The number of carbonyl (C=O) groups is 1. The Bertz CT molecular complexity index is 341. The molecule has 0 spiro atoms. The molecule has 5 atom stereocenters. The third kappa shape index (κ3) is 1.75. The number of hydrogen-bond acceptors (Lipinski definition) is 3. The van der Waals surface area contributed by atoms with Gasteiger partial charge in [-0.15, -0.1) is 0 Å². The molecule has 4 aliphatic rings. The molecule has 0 aromatic carbocycles. The summed E-state index contributed by atoms with van der Waals surface area (Å²) in [5, 5.41) is 10.6. The largest absolute Gasteiger partial charge is 0.468 e. The summed E-state index contributed by atoms with van der Waals surface area (Å²) >= 11 is 3.53. The number of halogens is 1. The highest BCUT2D eigenvalue weighted by Crippen LogP contribution is 2.63. The maximum Gasteiger partial charge on any atom is 0.320 e. The second kappa shape index (κ2) is 3.70. The lowest BCUT2D eigenvalue weighted by molar-refractivity contribution is -0.172. The Balaban J connectivity index is 1.90. The first kappa shape index (κ1) is 12.0. The highest BCUT2D eigenvalue weighted by molar-refractivity contribution is 9.10. The monoisotopic (exact) mass is 302 g/mol. The highest BCUT2D eigenvalue weighted by atomic mass is 79.9. The van der Waals surface area contributed by atoms with Crippen LogP contribution in [0.4, 0.5) is 0 Å². The van der Waals surface area contributed by atoms with Gasteiger partial charge < -0.3 is 9.84 Å². The molecule has 4 fully saturated rings. The molecule has 0 heterocycles. The molecule has 2 unspecified atom stereocenters. The summed E-state index contributed by atoms with van der Waals surface area (Å²) in [4.78, 5) is 11.5. The van der Waals surface area contributed by atoms with Crippen molar-refractivity contribution in [3.63, 3.8) is 0 Å². The van der Waals surface area contributed by atoms with Gasteiger partial charge in [-0.05, 0) is 55.8 Å². The van der Waals surface area contributed by atoms with Crippen LogP contribution >= 0.6 is 15.9 Å². The van der Waals surface area contributed by atoms with Crippen LogP contribution in [-0.2, 0) is 9.53 Å². The smallest absolute Gasteiger partial charge is 0.320 e. The number of alkyl halides is 1. The Morgan fingerprint density at radius 1 is 1.35 bits per heavy atom. The fourth-order valence-corrected chi connectivity index (χ4v) is 5.66. The lowest BCUT2D eigenvalue weighted by Crippen LogP contribution is -2.59. The Labute approximate surface area is 110 Å². The third-order valence-corrected chi connectivity index (χ3v) is 6.37. The van der Waals surface area contributed by atoms with Gasteiger partial charge in [-0.3, -0.25) is 4.79 Å². The Morgan fingerprint density at radius 3 is 2.41 bits per heavy atom. The van der Waals surface area contributed by atoms with E-state index >= 15 is 0 Å². The highest BCUT2D eigenvalue weighted by Gasteiger charge is 2.60. The van der Waals surface area contributed by atoms with E-state index in [1.165, 1.54) is 13.5 Å². The predicted molar refractivity (Wildman–Crippen MR) is 66.8 cm³/mol. The van der Waals surface area contributed by atoms with Crippen LogP contribution in [0.1, 0.15) is 38.5 Å². The number of methoxy groups -OCH3 is 1.